The van der Waals surface area contributed by atoms with Crippen LogP contribution in [0.4, 0.5) is 4.79 Å². The summed E-state index contributed by atoms with van der Waals surface area (Å²) in [6.45, 7) is 0.334. The Balaban J connectivity index is 2.31. The number of nitrogens with one attached hydrogen (secondary N) is 2. The van der Waals surface area contributed by atoms with Gasteiger partial charge in [0.25, 0.3) is 0 Å². The highest BCUT2D eigenvalue weighted by molar-refractivity contribution is 5.78. The lowest BCUT2D eigenvalue weighted by molar-refractivity contribution is -0.141. The molecule has 0 aromatic rings. The molecule has 0 saturated heterocycles. The molecule has 108 valence electrons. The van der Waals surface area contributed by atoms with Gasteiger partial charge in [-0.3, -0.25) is 9.59 Å². The molecule has 0 bridgehead atoms. The van der Waals surface area contributed by atoms with E-state index >= 15 is 0 Å². The third-order valence-electron chi connectivity index (χ3n) is 3.41. The fraction of sp³-hybridized carbons (Fsp3) is 0.750. The zero-order valence-corrected chi connectivity index (χ0v) is 11.3. The highest BCUT2D eigenvalue weighted by Gasteiger charge is 2.30. The van der Waals surface area contributed by atoms with Crippen molar-refractivity contribution in [2.45, 2.75) is 31.7 Å². The third kappa shape index (κ3) is 4.76. The Kier molecular flexibility index (Phi) is 5.59. The second-order valence-corrected chi connectivity index (χ2v) is 4.84. The molecule has 0 aromatic carbocycles. The first kappa shape index (κ1) is 15.3. The first-order chi connectivity index (χ1) is 8.93. The molecule has 1 rings (SSSR count). The van der Waals surface area contributed by atoms with E-state index in [1.54, 1.807) is 14.1 Å². The maximum atomic E-state index is 11.8. The number of carbonyl (C=O) groups excluding carboxylic acids is 2. The molecule has 0 aromatic heterocycles. The number of hydrogen-bond acceptors (Lipinski definition) is 3. The van der Waals surface area contributed by atoms with Gasteiger partial charge in [-0.05, 0) is 19.3 Å². The van der Waals surface area contributed by atoms with Crippen molar-refractivity contribution >= 4 is 17.9 Å². The summed E-state index contributed by atoms with van der Waals surface area (Å²) in [4.78, 5) is 35.1. The molecule has 3 N–H and O–H groups in total. The van der Waals surface area contributed by atoms with Crippen LogP contribution in [0.5, 0.6) is 0 Å². The number of carboxylic acid groups (broad SMARTS) is 1. The molecule has 7 nitrogen and oxygen atoms in total. The van der Waals surface area contributed by atoms with Gasteiger partial charge in [0.15, 0.2) is 0 Å². The standard InChI is InChI=1S/C12H21N3O4/c1-13-10(16)5-6-15(2)12(19)14-9-4-3-8(7-9)11(17)18/h8-9H,3-7H2,1-2H3,(H,13,16)(H,14,19)(H,17,18)/t8-,9+/m1/s1. The Morgan fingerprint density at radius 2 is 2.00 bits per heavy atom. The number of hydrogen-bond donors (Lipinski definition) is 3. The molecule has 19 heavy (non-hydrogen) atoms. The molecule has 0 aliphatic heterocycles. The zero-order valence-electron chi connectivity index (χ0n) is 11.3. The molecule has 1 saturated carbocycles. The van der Waals surface area contributed by atoms with E-state index in [1.807, 2.05) is 0 Å². The Labute approximate surface area is 112 Å². The molecule has 1 fully saturated rings. The van der Waals surface area contributed by atoms with Crippen LogP contribution in [0.25, 0.3) is 0 Å². The summed E-state index contributed by atoms with van der Waals surface area (Å²) in [7, 11) is 3.16. The Hall–Kier alpha value is -1.79. The van der Waals surface area contributed by atoms with E-state index in [2.05, 4.69) is 10.6 Å². The summed E-state index contributed by atoms with van der Waals surface area (Å²) in [5, 5.41) is 14.2. The molecule has 3 amide bonds. The van der Waals surface area contributed by atoms with Gasteiger partial charge in [0.1, 0.15) is 0 Å². The van der Waals surface area contributed by atoms with E-state index < -0.39 is 5.97 Å². The number of carbonyl (C=O) groups is 3. The second-order valence-electron chi connectivity index (χ2n) is 4.84. The van der Waals surface area contributed by atoms with Gasteiger partial charge in [-0.1, -0.05) is 0 Å². The minimum absolute atomic E-state index is 0.0870. The Morgan fingerprint density at radius 1 is 1.32 bits per heavy atom. The highest BCUT2D eigenvalue weighted by atomic mass is 16.4. The number of rotatable bonds is 5. The van der Waals surface area contributed by atoms with Crippen LogP contribution in [-0.4, -0.2) is 54.6 Å². The zero-order chi connectivity index (χ0) is 14.4. The lowest BCUT2D eigenvalue weighted by atomic mass is 10.1. The first-order valence-electron chi connectivity index (χ1n) is 6.39. The quantitative estimate of drug-likeness (QED) is 0.656. The minimum Gasteiger partial charge on any atom is -0.481 e. The smallest absolute Gasteiger partial charge is 0.317 e. The predicted molar refractivity (Wildman–Crippen MR) is 68.6 cm³/mol. The minimum atomic E-state index is -0.801. The summed E-state index contributed by atoms with van der Waals surface area (Å²) in [5.74, 6) is -1.28. The van der Waals surface area contributed by atoms with Crippen molar-refractivity contribution in [2.24, 2.45) is 5.92 Å². The monoisotopic (exact) mass is 271 g/mol. The number of carboxylic acids is 1. The summed E-state index contributed by atoms with van der Waals surface area (Å²) < 4.78 is 0. The van der Waals surface area contributed by atoms with Gasteiger partial charge in [-0.15, -0.1) is 0 Å². The lowest BCUT2D eigenvalue weighted by Gasteiger charge is -2.20. The van der Waals surface area contributed by atoms with Crippen molar-refractivity contribution < 1.29 is 19.5 Å². The van der Waals surface area contributed by atoms with E-state index in [-0.39, 0.29) is 30.3 Å². The SMILES string of the molecule is CNC(=O)CCN(C)C(=O)N[C@H]1CC[C@@H](C(=O)O)C1. The molecule has 1 aliphatic carbocycles. The molecular formula is C12H21N3O4. The lowest BCUT2D eigenvalue weighted by Crippen LogP contribution is -2.43. The number of urea groups is 1. The third-order valence-corrected chi connectivity index (χ3v) is 3.41. The maximum Gasteiger partial charge on any atom is 0.317 e. The highest BCUT2D eigenvalue weighted by Crippen LogP contribution is 2.25. The van der Waals surface area contributed by atoms with Crippen LogP contribution in [-0.2, 0) is 9.59 Å². The fourth-order valence-corrected chi connectivity index (χ4v) is 2.12. The normalized spacial score (nSPS) is 21.8. The Morgan fingerprint density at radius 3 is 2.53 bits per heavy atom. The summed E-state index contributed by atoms with van der Waals surface area (Å²) in [5.41, 5.74) is 0. The molecule has 0 heterocycles. The van der Waals surface area contributed by atoms with Crippen molar-refractivity contribution in [3.8, 4) is 0 Å². The van der Waals surface area contributed by atoms with E-state index in [0.717, 1.165) is 0 Å². The van der Waals surface area contributed by atoms with Crippen LogP contribution >= 0.6 is 0 Å². The topological polar surface area (TPSA) is 98.7 Å². The molecule has 1 aliphatic rings. The van der Waals surface area contributed by atoms with Gasteiger partial charge in [0.05, 0.1) is 5.92 Å². The Bertz CT molecular complexity index is 359. The van der Waals surface area contributed by atoms with Crippen molar-refractivity contribution in [1.82, 2.24) is 15.5 Å². The van der Waals surface area contributed by atoms with Crippen molar-refractivity contribution in [1.29, 1.82) is 0 Å². The van der Waals surface area contributed by atoms with Gasteiger partial charge in [0, 0.05) is 33.1 Å². The van der Waals surface area contributed by atoms with Crippen LogP contribution in [0.3, 0.4) is 0 Å². The molecule has 0 spiro atoms. The van der Waals surface area contributed by atoms with E-state index in [1.165, 1.54) is 4.90 Å². The molecular weight excluding hydrogens is 250 g/mol. The van der Waals surface area contributed by atoms with Crippen molar-refractivity contribution in [3.63, 3.8) is 0 Å². The van der Waals surface area contributed by atoms with Crippen molar-refractivity contribution in [3.05, 3.63) is 0 Å². The van der Waals surface area contributed by atoms with Crippen LogP contribution in [0.15, 0.2) is 0 Å². The van der Waals surface area contributed by atoms with Crippen LogP contribution in [0, 0.1) is 5.92 Å². The number of nitrogens with zero attached hydrogens (tertiary/aromatic N) is 1. The average Bonchev–Trinajstić information content (AvgIpc) is 2.83. The van der Waals surface area contributed by atoms with Gasteiger partial charge < -0.3 is 20.6 Å². The maximum absolute atomic E-state index is 11.8. The molecule has 2 atom stereocenters. The van der Waals surface area contributed by atoms with Crippen molar-refractivity contribution in [2.75, 3.05) is 20.6 Å². The first-order valence-corrected chi connectivity index (χ1v) is 6.39. The van der Waals surface area contributed by atoms with Crippen LogP contribution in [0.2, 0.25) is 0 Å². The van der Waals surface area contributed by atoms with E-state index in [4.69, 9.17) is 5.11 Å². The molecule has 0 radical (unpaired) electrons. The van der Waals surface area contributed by atoms with Gasteiger partial charge >= 0.3 is 12.0 Å². The van der Waals surface area contributed by atoms with Crippen LogP contribution in [0.1, 0.15) is 25.7 Å². The average molecular weight is 271 g/mol. The van der Waals surface area contributed by atoms with Crippen LogP contribution < -0.4 is 10.6 Å². The predicted octanol–water partition coefficient (Wildman–Crippen LogP) is 0.0172. The number of aliphatic carboxylic acids is 1. The summed E-state index contributed by atoms with van der Waals surface area (Å²) in [6, 6.07) is -0.351. The number of amides is 3. The van der Waals surface area contributed by atoms with E-state index in [9.17, 15) is 14.4 Å². The van der Waals surface area contributed by atoms with E-state index in [0.29, 0.717) is 25.8 Å². The summed E-state index contributed by atoms with van der Waals surface area (Å²) in [6.07, 6.45) is 2.02. The largest absolute Gasteiger partial charge is 0.481 e. The molecule has 0 unspecified atom stereocenters. The summed E-state index contributed by atoms with van der Waals surface area (Å²) >= 11 is 0. The second kappa shape index (κ2) is 6.96. The van der Waals surface area contributed by atoms with Gasteiger partial charge in [-0.25, -0.2) is 4.79 Å². The molecule has 7 heteroatoms. The van der Waals surface area contributed by atoms with Gasteiger partial charge in [-0.2, -0.15) is 0 Å². The fourth-order valence-electron chi connectivity index (χ4n) is 2.12. The van der Waals surface area contributed by atoms with Gasteiger partial charge in [0.2, 0.25) is 5.91 Å².